The smallest absolute Gasteiger partial charge is 0.0468 e. The van der Waals surface area contributed by atoms with E-state index < -0.39 is 0 Å². The van der Waals surface area contributed by atoms with Crippen molar-refractivity contribution in [3.05, 3.63) is 33.8 Å². The first-order valence-corrected chi connectivity index (χ1v) is 7.84. The number of nitrogens with zero attached hydrogens (tertiary/aromatic N) is 1. The van der Waals surface area contributed by atoms with Crippen molar-refractivity contribution in [1.29, 1.82) is 0 Å². The van der Waals surface area contributed by atoms with Crippen LogP contribution in [0.2, 0.25) is 10.0 Å². The summed E-state index contributed by atoms with van der Waals surface area (Å²) < 4.78 is 0. The quantitative estimate of drug-likeness (QED) is 0.789. The fourth-order valence-corrected chi connectivity index (χ4v) is 3.11. The molecule has 1 rings (SSSR count). The molecule has 1 unspecified atom stereocenters. The van der Waals surface area contributed by atoms with Gasteiger partial charge in [-0.05, 0) is 43.6 Å². The van der Waals surface area contributed by atoms with Crippen LogP contribution in [0.5, 0.6) is 0 Å². The maximum Gasteiger partial charge on any atom is 0.0468 e. The first-order chi connectivity index (χ1) is 9.25. The van der Waals surface area contributed by atoms with Crippen molar-refractivity contribution in [2.45, 2.75) is 33.2 Å². The third-order valence-electron chi connectivity index (χ3n) is 3.32. The predicted octanol–water partition coefficient (Wildman–Crippen LogP) is 4.62. The van der Waals surface area contributed by atoms with E-state index in [1.165, 1.54) is 0 Å². The Balaban J connectivity index is 2.72. The molecule has 2 nitrogen and oxygen atoms in total. The number of hydrogen-bond acceptors (Lipinski definition) is 2. The van der Waals surface area contributed by atoms with Crippen molar-refractivity contribution in [3.63, 3.8) is 0 Å². The molecule has 4 heteroatoms. The summed E-state index contributed by atoms with van der Waals surface area (Å²) in [6.45, 7) is 8.71. The van der Waals surface area contributed by atoms with Crippen LogP contribution in [-0.2, 0) is 0 Å². The van der Waals surface area contributed by atoms with Gasteiger partial charge in [0.05, 0.1) is 0 Å². The van der Waals surface area contributed by atoms with Crippen LogP contribution in [0.1, 0.15) is 38.8 Å². The molecule has 0 radical (unpaired) electrons. The lowest BCUT2D eigenvalue weighted by Crippen LogP contribution is -2.39. The van der Waals surface area contributed by atoms with Gasteiger partial charge in [0.15, 0.2) is 0 Å². The second kappa shape index (κ2) is 7.65. The molecule has 0 saturated carbocycles. The van der Waals surface area contributed by atoms with Crippen LogP contribution in [0.25, 0.3) is 0 Å². The van der Waals surface area contributed by atoms with Crippen LogP contribution >= 0.6 is 23.2 Å². The van der Waals surface area contributed by atoms with Crippen molar-refractivity contribution in [3.8, 4) is 0 Å². The Morgan fingerprint density at radius 1 is 1.25 bits per heavy atom. The van der Waals surface area contributed by atoms with Crippen LogP contribution in [0.3, 0.4) is 0 Å². The van der Waals surface area contributed by atoms with Crippen LogP contribution in [0.4, 0.5) is 0 Å². The van der Waals surface area contributed by atoms with E-state index in [-0.39, 0.29) is 11.5 Å². The average Bonchev–Trinajstić information content (AvgIpc) is 2.30. The van der Waals surface area contributed by atoms with Gasteiger partial charge >= 0.3 is 0 Å². The zero-order chi connectivity index (χ0) is 15.3. The van der Waals surface area contributed by atoms with Gasteiger partial charge in [-0.15, -0.1) is 0 Å². The molecule has 0 bridgehead atoms. The van der Waals surface area contributed by atoms with E-state index >= 15 is 0 Å². The van der Waals surface area contributed by atoms with Gasteiger partial charge in [-0.25, -0.2) is 0 Å². The molecule has 0 heterocycles. The summed E-state index contributed by atoms with van der Waals surface area (Å²) in [5, 5.41) is 5.06. The standard InChI is InChI=1S/C16H26Cl2N2/c1-6-15(13-8-7-12(17)9-14(13)18)19-10-16(2,3)11-20(4)5/h7-9,15,19H,6,10-11H2,1-5H3. The van der Waals surface area contributed by atoms with Crippen molar-refractivity contribution in [2.24, 2.45) is 5.41 Å². The molecule has 0 aliphatic rings. The summed E-state index contributed by atoms with van der Waals surface area (Å²) >= 11 is 12.3. The maximum atomic E-state index is 6.30. The van der Waals surface area contributed by atoms with E-state index in [9.17, 15) is 0 Å². The van der Waals surface area contributed by atoms with Crippen LogP contribution in [-0.4, -0.2) is 32.1 Å². The average molecular weight is 317 g/mol. The summed E-state index contributed by atoms with van der Waals surface area (Å²) in [5.74, 6) is 0. The fraction of sp³-hybridized carbons (Fsp3) is 0.625. The summed E-state index contributed by atoms with van der Waals surface area (Å²) in [6.07, 6.45) is 0.999. The molecule has 114 valence electrons. The maximum absolute atomic E-state index is 6.30. The Bertz CT molecular complexity index is 430. The Morgan fingerprint density at radius 3 is 2.40 bits per heavy atom. The highest BCUT2D eigenvalue weighted by Gasteiger charge is 2.21. The Hall–Kier alpha value is -0.280. The molecule has 0 saturated heterocycles. The molecule has 0 spiro atoms. The number of halogens is 2. The lowest BCUT2D eigenvalue weighted by atomic mass is 9.92. The first-order valence-electron chi connectivity index (χ1n) is 7.08. The summed E-state index contributed by atoms with van der Waals surface area (Å²) in [6, 6.07) is 6.00. The Kier molecular flexibility index (Phi) is 6.80. The lowest BCUT2D eigenvalue weighted by molar-refractivity contribution is 0.224. The van der Waals surface area contributed by atoms with E-state index in [0.29, 0.717) is 5.02 Å². The number of hydrogen-bond donors (Lipinski definition) is 1. The third-order valence-corrected chi connectivity index (χ3v) is 3.88. The summed E-state index contributed by atoms with van der Waals surface area (Å²) in [7, 11) is 4.21. The van der Waals surface area contributed by atoms with Gasteiger partial charge in [-0.1, -0.05) is 50.0 Å². The fourth-order valence-electron chi connectivity index (χ4n) is 2.57. The molecule has 0 aromatic heterocycles. The molecular formula is C16H26Cl2N2. The largest absolute Gasteiger partial charge is 0.309 e. The lowest BCUT2D eigenvalue weighted by Gasteiger charge is -2.31. The van der Waals surface area contributed by atoms with Gasteiger partial charge in [0, 0.05) is 29.2 Å². The summed E-state index contributed by atoms with van der Waals surface area (Å²) in [4.78, 5) is 2.22. The molecule has 0 fully saturated rings. The highest BCUT2D eigenvalue weighted by molar-refractivity contribution is 6.35. The molecule has 1 atom stereocenters. The van der Waals surface area contributed by atoms with E-state index in [1.54, 1.807) is 0 Å². The van der Waals surface area contributed by atoms with Crippen LogP contribution in [0, 0.1) is 5.41 Å². The highest BCUT2D eigenvalue weighted by atomic mass is 35.5. The van der Waals surface area contributed by atoms with Gasteiger partial charge in [-0.3, -0.25) is 0 Å². The zero-order valence-electron chi connectivity index (χ0n) is 13.1. The molecule has 20 heavy (non-hydrogen) atoms. The normalized spacial score (nSPS) is 13.8. The summed E-state index contributed by atoms with van der Waals surface area (Å²) in [5.41, 5.74) is 1.34. The number of rotatable bonds is 7. The second-order valence-corrected chi connectivity index (χ2v) is 7.25. The van der Waals surface area contributed by atoms with Gasteiger partial charge < -0.3 is 10.2 Å². The SMILES string of the molecule is CCC(NCC(C)(C)CN(C)C)c1ccc(Cl)cc1Cl. The Labute approximate surface area is 133 Å². The van der Waals surface area contributed by atoms with Gasteiger partial charge in [0.25, 0.3) is 0 Å². The number of nitrogens with one attached hydrogen (secondary N) is 1. The van der Waals surface area contributed by atoms with Crippen LogP contribution < -0.4 is 5.32 Å². The minimum absolute atomic E-state index is 0.218. The van der Waals surface area contributed by atoms with E-state index in [1.807, 2.05) is 18.2 Å². The van der Waals surface area contributed by atoms with E-state index in [0.717, 1.165) is 30.1 Å². The molecule has 1 aromatic carbocycles. The molecule has 1 N–H and O–H groups in total. The van der Waals surface area contributed by atoms with Crippen LogP contribution in [0.15, 0.2) is 18.2 Å². The first kappa shape index (κ1) is 17.8. The second-order valence-electron chi connectivity index (χ2n) is 6.41. The van der Waals surface area contributed by atoms with Crippen molar-refractivity contribution >= 4 is 23.2 Å². The Morgan fingerprint density at radius 2 is 1.90 bits per heavy atom. The minimum atomic E-state index is 0.218. The van der Waals surface area contributed by atoms with Crippen molar-refractivity contribution in [2.75, 3.05) is 27.2 Å². The zero-order valence-corrected chi connectivity index (χ0v) is 14.6. The van der Waals surface area contributed by atoms with Gasteiger partial charge in [0.2, 0.25) is 0 Å². The molecule has 0 aliphatic heterocycles. The topological polar surface area (TPSA) is 15.3 Å². The third kappa shape index (κ3) is 5.61. The van der Waals surface area contributed by atoms with Crippen molar-refractivity contribution in [1.82, 2.24) is 10.2 Å². The van der Waals surface area contributed by atoms with E-state index in [2.05, 4.69) is 45.1 Å². The van der Waals surface area contributed by atoms with Gasteiger partial charge in [-0.2, -0.15) is 0 Å². The molecule has 0 aliphatic carbocycles. The molecular weight excluding hydrogens is 291 g/mol. The van der Waals surface area contributed by atoms with Crippen molar-refractivity contribution < 1.29 is 0 Å². The monoisotopic (exact) mass is 316 g/mol. The van der Waals surface area contributed by atoms with E-state index in [4.69, 9.17) is 23.2 Å². The molecule has 1 aromatic rings. The molecule has 0 amide bonds. The number of benzene rings is 1. The predicted molar refractivity (Wildman–Crippen MR) is 89.8 cm³/mol. The van der Waals surface area contributed by atoms with Gasteiger partial charge in [0.1, 0.15) is 0 Å². The highest BCUT2D eigenvalue weighted by Crippen LogP contribution is 2.28. The minimum Gasteiger partial charge on any atom is -0.309 e.